The Morgan fingerprint density at radius 1 is 1.33 bits per heavy atom. The number of aromatic nitrogens is 5. The van der Waals surface area contributed by atoms with Crippen LogP contribution in [0.1, 0.15) is 12.5 Å². The molecule has 0 bridgehead atoms. The van der Waals surface area contributed by atoms with Crippen molar-refractivity contribution in [2.75, 3.05) is 11.1 Å². The van der Waals surface area contributed by atoms with Gasteiger partial charge in [0.25, 0.3) is 0 Å². The van der Waals surface area contributed by atoms with Crippen LogP contribution < -0.4 is 11.1 Å². The molecule has 0 fully saturated rings. The van der Waals surface area contributed by atoms with E-state index < -0.39 is 10.6 Å². The highest BCUT2D eigenvalue weighted by atomic mass is 35.5. The monoisotopic (exact) mass is 406 g/mol. The summed E-state index contributed by atoms with van der Waals surface area (Å²) in [7, 11) is 0. The smallest absolute Gasteiger partial charge is 0.353 e. The molecule has 0 saturated carbocycles. The molecular weight excluding hydrogens is 392 g/mol. The van der Waals surface area contributed by atoms with E-state index in [4.69, 9.17) is 17.3 Å². The van der Waals surface area contributed by atoms with Gasteiger partial charge in [-0.05, 0) is 18.6 Å². The number of hydrogen-bond donors (Lipinski definition) is 2. The van der Waals surface area contributed by atoms with Gasteiger partial charge in [-0.2, -0.15) is 0 Å². The number of benzene rings is 1. The van der Waals surface area contributed by atoms with Crippen LogP contribution in [0, 0.1) is 10.1 Å². The van der Waals surface area contributed by atoms with E-state index in [0.29, 0.717) is 28.4 Å². The minimum absolute atomic E-state index is 0.0442. The van der Waals surface area contributed by atoms with Crippen molar-refractivity contribution in [3.63, 3.8) is 0 Å². The molecule has 1 aromatic carbocycles. The number of nitrogens with two attached hydrogens (primary N) is 1. The molecule has 140 valence electrons. The molecule has 2 heterocycles. The van der Waals surface area contributed by atoms with Crippen molar-refractivity contribution in [3.8, 4) is 0 Å². The number of nitrogen functional groups attached to an aromatic ring is 1. The summed E-state index contributed by atoms with van der Waals surface area (Å²) < 4.78 is 1.78. The van der Waals surface area contributed by atoms with E-state index in [-0.39, 0.29) is 11.6 Å². The van der Waals surface area contributed by atoms with Gasteiger partial charge in [-0.25, -0.2) is 9.97 Å². The third-order valence-electron chi connectivity index (χ3n) is 3.61. The van der Waals surface area contributed by atoms with Crippen molar-refractivity contribution in [1.82, 2.24) is 24.7 Å². The van der Waals surface area contributed by atoms with E-state index in [2.05, 4.69) is 25.5 Å². The van der Waals surface area contributed by atoms with Crippen LogP contribution in [0.15, 0.2) is 35.7 Å². The van der Waals surface area contributed by atoms with Crippen molar-refractivity contribution in [3.05, 3.63) is 51.3 Å². The van der Waals surface area contributed by atoms with Gasteiger partial charge in [0, 0.05) is 17.3 Å². The van der Waals surface area contributed by atoms with Crippen LogP contribution in [-0.2, 0) is 12.3 Å². The minimum atomic E-state index is -0.641. The zero-order valence-corrected chi connectivity index (χ0v) is 15.7. The van der Waals surface area contributed by atoms with E-state index in [1.807, 2.05) is 31.2 Å². The summed E-state index contributed by atoms with van der Waals surface area (Å²) >= 11 is 7.64. The molecule has 3 N–H and O–H groups in total. The second-order valence-electron chi connectivity index (χ2n) is 5.27. The van der Waals surface area contributed by atoms with Crippen molar-refractivity contribution in [2.24, 2.45) is 0 Å². The van der Waals surface area contributed by atoms with Gasteiger partial charge in [0.05, 0.1) is 4.92 Å². The third kappa shape index (κ3) is 4.09. The first kappa shape index (κ1) is 18.9. The van der Waals surface area contributed by atoms with Crippen LogP contribution in [0.2, 0.25) is 5.02 Å². The highest BCUT2D eigenvalue weighted by Gasteiger charge is 2.23. The minimum Gasteiger partial charge on any atom is -0.378 e. The van der Waals surface area contributed by atoms with Crippen LogP contribution in [0.5, 0.6) is 0 Å². The zero-order chi connectivity index (χ0) is 19.4. The van der Waals surface area contributed by atoms with Gasteiger partial charge in [0.1, 0.15) is 6.33 Å². The average Bonchev–Trinajstić information content (AvgIpc) is 3.02. The molecule has 0 aliphatic carbocycles. The molecular formula is C15H15ClN8O2S. The van der Waals surface area contributed by atoms with E-state index >= 15 is 0 Å². The first-order valence-corrected chi connectivity index (χ1v) is 9.19. The van der Waals surface area contributed by atoms with Crippen molar-refractivity contribution in [1.29, 1.82) is 0 Å². The Hall–Kier alpha value is -2.92. The number of anilines is 3. The second-order valence-corrected chi connectivity index (χ2v) is 6.62. The van der Waals surface area contributed by atoms with Crippen LogP contribution in [0.3, 0.4) is 0 Å². The molecule has 2 aromatic heterocycles. The Morgan fingerprint density at radius 2 is 2.11 bits per heavy atom. The number of thioether (sulfide) groups is 1. The fraction of sp³-hybridized carbons (Fsp3) is 0.200. The molecule has 0 aliphatic rings. The van der Waals surface area contributed by atoms with Crippen molar-refractivity contribution < 1.29 is 4.92 Å². The summed E-state index contributed by atoms with van der Waals surface area (Å²) in [5.74, 6) is 0.657. The Bertz CT molecular complexity index is 980. The second kappa shape index (κ2) is 8.18. The maximum atomic E-state index is 11.2. The van der Waals surface area contributed by atoms with Crippen molar-refractivity contribution >= 4 is 46.6 Å². The predicted octanol–water partition coefficient (Wildman–Crippen LogP) is 3.27. The summed E-state index contributed by atoms with van der Waals surface area (Å²) in [6.45, 7) is 2.46. The van der Waals surface area contributed by atoms with Gasteiger partial charge in [-0.15, -0.1) is 10.2 Å². The number of nitrogens with one attached hydrogen (secondary N) is 1. The first-order valence-electron chi connectivity index (χ1n) is 7.82. The number of nitro groups is 1. The summed E-state index contributed by atoms with van der Waals surface area (Å²) in [6.07, 6.45) is 1.14. The first-order chi connectivity index (χ1) is 13.0. The van der Waals surface area contributed by atoms with Crippen LogP contribution in [0.4, 0.5) is 23.3 Å². The van der Waals surface area contributed by atoms with Gasteiger partial charge in [0.2, 0.25) is 17.6 Å². The summed E-state index contributed by atoms with van der Waals surface area (Å²) in [5, 5.41) is 23.6. The van der Waals surface area contributed by atoms with E-state index in [0.717, 1.165) is 11.9 Å². The highest BCUT2D eigenvalue weighted by molar-refractivity contribution is 7.98. The van der Waals surface area contributed by atoms with Crippen molar-refractivity contribution in [2.45, 2.75) is 24.4 Å². The number of hydrogen-bond acceptors (Lipinski definition) is 9. The third-order valence-corrected chi connectivity index (χ3v) is 5.00. The molecule has 27 heavy (non-hydrogen) atoms. The van der Waals surface area contributed by atoms with Crippen LogP contribution in [0.25, 0.3) is 0 Å². The predicted molar refractivity (Wildman–Crippen MR) is 103 cm³/mol. The lowest BCUT2D eigenvalue weighted by molar-refractivity contribution is -0.383. The topological polar surface area (TPSA) is 138 Å². The number of nitrogens with zero attached hydrogens (tertiary/aromatic N) is 6. The van der Waals surface area contributed by atoms with Crippen LogP contribution in [-0.4, -0.2) is 29.7 Å². The Balaban J connectivity index is 1.84. The highest BCUT2D eigenvalue weighted by Crippen LogP contribution is 2.31. The normalized spacial score (nSPS) is 10.7. The van der Waals surface area contributed by atoms with Crippen LogP contribution >= 0.6 is 23.4 Å². The standard InChI is InChI=1S/C15H15ClN8O2S/c1-2-23-14(20-13-11(24(25)26)12(17)18-8-19-13)21-22-15(23)27-7-9-5-3-4-6-10(9)16/h3-6,8H,2,7H2,1H3,(H3,17,18,19,20,21). The largest absolute Gasteiger partial charge is 0.378 e. The molecule has 0 radical (unpaired) electrons. The molecule has 3 aromatic rings. The molecule has 0 spiro atoms. The molecule has 0 unspecified atom stereocenters. The maximum absolute atomic E-state index is 11.2. The summed E-state index contributed by atoms with van der Waals surface area (Å²) in [5.41, 5.74) is 6.15. The van der Waals surface area contributed by atoms with Gasteiger partial charge >= 0.3 is 5.69 Å². The maximum Gasteiger partial charge on any atom is 0.353 e. The molecule has 0 atom stereocenters. The fourth-order valence-corrected chi connectivity index (χ4v) is 3.59. The lowest BCUT2D eigenvalue weighted by Gasteiger charge is -2.09. The van der Waals surface area contributed by atoms with Gasteiger partial charge < -0.3 is 11.1 Å². The molecule has 0 saturated heterocycles. The number of rotatable bonds is 7. The summed E-state index contributed by atoms with van der Waals surface area (Å²) in [4.78, 5) is 18.1. The quantitative estimate of drug-likeness (QED) is 0.343. The molecule has 12 heteroatoms. The zero-order valence-electron chi connectivity index (χ0n) is 14.2. The van der Waals surface area contributed by atoms with E-state index in [1.165, 1.54) is 11.8 Å². The van der Waals surface area contributed by atoms with Gasteiger partial charge in [0.15, 0.2) is 5.16 Å². The van der Waals surface area contributed by atoms with Gasteiger partial charge in [-0.1, -0.05) is 41.6 Å². The fourth-order valence-electron chi connectivity index (χ4n) is 2.30. The molecule has 3 rings (SSSR count). The van der Waals surface area contributed by atoms with E-state index in [1.54, 1.807) is 4.57 Å². The Morgan fingerprint density at radius 3 is 2.81 bits per heavy atom. The summed E-state index contributed by atoms with van der Waals surface area (Å²) in [6, 6.07) is 7.55. The van der Waals surface area contributed by atoms with Gasteiger partial charge in [-0.3, -0.25) is 14.7 Å². The lowest BCUT2D eigenvalue weighted by Crippen LogP contribution is -2.08. The number of halogens is 1. The Labute approximate surface area is 163 Å². The average molecular weight is 407 g/mol. The molecule has 0 amide bonds. The Kier molecular flexibility index (Phi) is 5.72. The SMILES string of the molecule is CCn1c(Nc2ncnc(N)c2[N+](=O)[O-])nnc1SCc1ccccc1Cl. The van der Waals surface area contributed by atoms with E-state index in [9.17, 15) is 10.1 Å². The molecule has 10 nitrogen and oxygen atoms in total. The lowest BCUT2D eigenvalue weighted by atomic mass is 10.2. The molecule has 0 aliphatic heterocycles.